The van der Waals surface area contributed by atoms with Crippen molar-refractivity contribution in [1.29, 1.82) is 0 Å². The van der Waals surface area contributed by atoms with Gasteiger partial charge in [-0.3, -0.25) is 4.79 Å². The first-order chi connectivity index (χ1) is 10.2. The summed E-state index contributed by atoms with van der Waals surface area (Å²) in [6, 6.07) is 13.1. The highest BCUT2D eigenvalue weighted by Gasteiger charge is 2.06. The van der Waals surface area contributed by atoms with Gasteiger partial charge in [-0.2, -0.15) is 0 Å². The monoisotopic (exact) mass is 285 g/mol. The Hall–Kier alpha value is -2.62. The average Bonchev–Trinajstić information content (AvgIpc) is 2.49. The molecule has 21 heavy (non-hydrogen) atoms. The fraction of sp³-hybridized carbons (Fsp3) is 0.118. The van der Waals surface area contributed by atoms with Gasteiger partial charge in [-0.25, -0.2) is 4.39 Å². The summed E-state index contributed by atoms with van der Waals surface area (Å²) >= 11 is 0. The van der Waals surface area contributed by atoms with Crippen molar-refractivity contribution in [2.24, 2.45) is 0 Å². The molecular weight excluding hydrogens is 269 g/mol. The van der Waals surface area contributed by atoms with Crippen LogP contribution in [0.15, 0.2) is 61.2 Å². The standard InChI is InChI=1S/C17H16FNO2/c1-2-5-13-6-3-4-7-16(13)21-12-17(20)19-15-10-8-14(18)9-11-15/h2-4,6-11H,1,5,12H2,(H,19,20). The number of carbonyl (C=O) groups is 1. The van der Waals surface area contributed by atoms with Crippen molar-refractivity contribution in [1.82, 2.24) is 0 Å². The van der Waals surface area contributed by atoms with Crippen LogP contribution in [0.5, 0.6) is 5.75 Å². The maximum absolute atomic E-state index is 12.8. The van der Waals surface area contributed by atoms with E-state index in [0.717, 1.165) is 5.56 Å². The van der Waals surface area contributed by atoms with Crippen molar-refractivity contribution in [2.75, 3.05) is 11.9 Å². The van der Waals surface area contributed by atoms with Gasteiger partial charge in [0.25, 0.3) is 5.91 Å². The predicted octanol–water partition coefficient (Wildman–Crippen LogP) is 3.57. The molecule has 0 unspecified atom stereocenters. The van der Waals surface area contributed by atoms with Crippen molar-refractivity contribution in [3.05, 3.63) is 72.6 Å². The first-order valence-electron chi connectivity index (χ1n) is 6.56. The molecule has 108 valence electrons. The Morgan fingerprint density at radius 2 is 1.90 bits per heavy atom. The topological polar surface area (TPSA) is 38.3 Å². The minimum atomic E-state index is -0.345. The molecule has 4 heteroatoms. The fourth-order valence-electron chi connectivity index (χ4n) is 1.84. The van der Waals surface area contributed by atoms with Crippen molar-refractivity contribution in [3.63, 3.8) is 0 Å². The van der Waals surface area contributed by atoms with Gasteiger partial charge in [-0.1, -0.05) is 24.3 Å². The normalized spacial score (nSPS) is 9.95. The molecule has 2 aromatic rings. The number of nitrogens with one attached hydrogen (secondary N) is 1. The molecule has 0 aliphatic heterocycles. The summed E-state index contributed by atoms with van der Waals surface area (Å²) in [6.45, 7) is 3.58. The number of amides is 1. The fourth-order valence-corrected chi connectivity index (χ4v) is 1.84. The van der Waals surface area contributed by atoms with E-state index in [0.29, 0.717) is 17.9 Å². The molecule has 2 aromatic carbocycles. The van der Waals surface area contributed by atoms with Crippen LogP contribution in [0.1, 0.15) is 5.56 Å². The lowest BCUT2D eigenvalue weighted by Gasteiger charge is -2.10. The van der Waals surface area contributed by atoms with Crippen LogP contribution >= 0.6 is 0 Å². The zero-order valence-corrected chi connectivity index (χ0v) is 11.5. The van der Waals surface area contributed by atoms with Gasteiger partial charge in [-0.15, -0.1) is 6.58 Å². The quantitative estimate of drug-likeness (QED) is 0.824. The highest BCUT2D eigenvalue weighted by atomic mass is 19.1. The number of carbonyl (C=O) groups excluding carboxylic acids is 1. The van der Waals surface area contributed by atoms with E-state index in [4.69, 9.17) is 4.74 Å². The van der Waals surface area contributed by atoms with E-state index in [1.807, 2.05) is 24.3 Å². The number of benzene rings is 2. The third-order valence-electron chi connectivity index (χ3n) is 2.82. The summed E-state index contributed by atoms with van der Waals surface area (Å²) in [5.41, 5.74) is 1.51. The molecule has 1 amide bonds. The van der Waals surface area contributed by atoms with Crippen LogP contribution in [0, 0.1) is 5.82 Å². The first kappa shape index (κ1) is 14.8. The first-order valence-corrected chi connectivity index (χ1v) is 6.56. The summed E-state index contributed by atoms with van der Waals surface area (Å²) in [5.74, 6) is 0.0178. The van der Waals surface area contributed by atoms with E-state index < -0.39 is 0 Å². The van der Waals surface area contributed by atoms with Gasteiger partial charge in [0.05, 0.1) is 0 Å². The van der Waals surface area contributed by atoms with Gasteiger partial charge >= 0.3 is 0 Å². The second-order valence-electron chi connectivity index (χ2n) is 4.44. The van der Waals surface area contributed by atoms with E-state index in [2.05, 4.69) is 11.9 Å². The zero-order valence-electron chi connectivity index (χ0n) is 11.5. The summed E-state index contributed by atoms with van der Waals surface area (Å²) in [4.78, 5) is 11.8. The summed E-state index contributed by atoms with van der Waals surface area (Å²) < 4.78 is 18.3. The summed E-state index contributed by atoms with van der Waals surface area (Å²) in [6.07, 6.45) is 2.45. The number of halogens is 1. The highest BCUT2D eigenvalue weighted by molar-refractivity contribution is 5.91. The molecular formula is C17H16FNO2. The number of allylic oxidation sites excluding steroid dienone is 1. The maximum atomic E-state index is 12.8. The highest BCUT2D eigenvalue weighted by Crippen LogP contribution is 2.18. The van der Waals surface area contributed by atoms with Gasteiger partial charge in [-0.05, 0) is 42.3 Å². The Kier molecular flexibility index (Phi) is 5.10. The zero-order chi connectivity index (χ0) is 15.1. The Morgan fingerprint density at radius 1 is 1.19 bits per heavy atom. The largest absolute Gasteiger partial charge is 0.483 e. The molecule has 3 nitrogen and oxygen atoms in total. The lowest BCUT2D eigenvalue weighted by Crippen LogP contribution is -2.20. The minimum absolute atomic E-state index is 0.106. The van der Waals surface area contributed by atoms with Crippen LogP contribution in [0.25, 0.3) is 0 Å². The Morgan fingerprint density at radius 3 is 2.62 bits per heavy atom. The SMILES string of the molecule is C=CCc1ccccc1OCC(=O)Nc1ccc(F)cc1. The van der Waals surface area contributed by atoms with Gasteiger partial charge < -0.3 is 10.1 Å². The number of hydrogen-bond acceptors (Lipinski definition) is 2. The van der Waals surface area contributed by atoms with Crippen LogP contribution in [0.4, 0.5) is 10.1 Å². The maximum Gasteiger partial charge on any atom is 0.262 e. The van der Waals surface area contributed by atoms with Gasteiger partial charge in [0, 0.05) is 5.69 Å². The van der Waals surface area contributed by atoms with Crippen LogP contribution in [0.3, 0.4) is 0 Å². The molecule has 0 spiro atoms. The molecule has 0 bridgehead atoms. The van der Waals surface area contributed by atoms with Crippen LogP contribution in [-0.4, -0.2) is 12.5 Å². The summed E-state index contributed by atoms with van der Waals surface area (Å²) in [5, 5.41) is 2.64. The molecule has 0 aromatic heterocycles. The second-order valence-corrected chi connectivity index (χ2v) is 4.44. The van der Waals surface area contributed by atoms with Gasteiger partial charge in [0.1, 0.15) is 11.6 Å². The molecule has 1 N–H and O–H groups in total. The number of para-hydroxylation sites is 1. The van der Waals surface area contributed by atoms with Crippen molar-refractivity contribution in [3.8, 4) is 5.75 Å². The molecule has 0 aliphatic rings. The molecule has 0 saturated heterocycles. The summed E-state index contributed by atoms with van der Waals surface area (Å²) in [7, 11) is 0. The number of anilines is 1. The van der Waals surface area contributed by atoms with E-state index in [9.17, 15) is 9.18 Å². The Bertz CT molecular complexity index is 623. The minimum Gasteiger partial charge on any atom is -0.483 e. The van der Waals surface area contributed by atoms with Crippen molar-refractivity contribution in [2.45, 2.75) is 6.42 Å². The second kappa shape index (κ2) is 7.24. The molecule has 0 fully saturated rings. The third kappa shape index (κ3) is 4.45. The molecule has 0 aliphatic carbocycles. The smallest absolute Gasteiger partial charge is 0.262 e. The van der Waals surface area contributed by atoms with Crippen molar-refractivity contribution >= 4 is 11.6 Å². The van der Waals surface area contributed by atoms with E-state index >= 15 is 0 Å². The van der Waals surface area contributed by atoms with Crippen molar-refractivity contribution < 1.29 is 13.9 Å². The third-order valence-corrected chi connectivity index (χ3v) is 2.82. The average molecular weight is 285 g/mol. The van der Waals surface area contributed by atoms with E-state index in [1.54, 1.807) is 6.08 Å². The molecule has 0 radical (unpaired) electrons. The number of ether oxygens (including phenoxy) is 1. The molecule has 2 rings (SSSR count). The number of hydrogen-bond donors (Lipinski definition) is 1. The van der Waals surface area contributed by atoms with E-state index in [1.165, 1.54) is 24.3 Å². The lowest BCUT2D eigenvalue weighted by molar-refractivity contribution is -0.118. The lowest BCUT2D eigenvalue weighted by atomic mass is 10.1. The molecule has 0 saturated carbocycles. The van der Waals surface area contributed by atoms with Crippen LogP contribution < -0.4 is 10.1 Å². The van der Waals surface area contributed by atoms with E-state index in [-0.39, 0.29) is 18.3 Å². The molecule has 0 heterocycles. The molecule has 0 atom stereocenters. The van der Waals surface area contributed by atoms with Gasteiger partial charge in [0.2, 0.25) is 0 Å². The Labute approximate surface area is 123 Å². The van der Waals surface area contributed by atoms with Crippen LogP contribution in [0.2, 0.25) is 0 Å². The number of rotatable bonds is 6. The van der Waals surface area contributed by atoms with Gasteiger partial charge in [0.15, 0.2) is 6.61 Å². The Balaban J connectivity index is 1.92. The van der Waals surface area contributed by atoms with Crippen LogP contribution in [-0.2, 0) is 11.2 Å². The predicted molar refractivity (Wildman–Crippen MR) is 80.9 cm³/mol.